The number of carbonyl (C=O) groups is 1. The van der Waals surface area contributed by atoms with Gasteiger partial charge in [-0.1, -0.05) is 36.4 Å². The van der Waals surface area contributed by atoms with Crippen LogP contribution in [0.25, 0.3) is 11.1 Å². The molecule has 0 radical (unpaired) electrons. The molecule has 7 heteroatoms. The van der Waals surface area contributed by atoms with Gasteiger partial charge in [-0.25, -0.2) is 13.4 Å². The summed E-state index contributed by atoms with van der Waals surface area (Å²) in [6, 6.07) is 20.1. The standard InChI is InChI=1S/C21H19N3O3S/c25-21(17-8-4-9-19(14-17)24-12-5-13-28(24,26)27)23-20-11-10-18(15-22-20)16-6-2-1-3-7-16/h1-4,6-11,14-15H,5,12-13H2,(H,22,23,25). The van der Waals surface area contributed by atoms with Gasteiger partial charge < -0.3 is 5.32 Å². The van der Waals surface area contributed by atoms with E-state index >= 15 is 0 Å². The van der Waals surface area contributed by atoms with Gasteiger partial charge in [0.25, 0.3) is 5.91 Å². The van der Waals surface area contributed by atoms with Crippen LogP contribution < -0.4 is 9.62 Å². The highest BCUT2D eigenvalue weighted by molar-refractivity contribution is 7.93. The number of rotatable bonds is 4. The van der Waals surface area contributed by atoms with Gasteiger partial charge in [-0.3, -0.25) is 9.10 Å². The molecule has 1 aliphatic heterocycles. The lowest BCUT2D eigenvalue weighted by Gasteiger charge is -2.17. The Morgan fingerprint density at radius 3 is 2.46 bits per heavy atom. The molecular weight excluding hydrogens is 374 g/mol. The molecule has 142 valence electrons. The number of pyridine rings is 1. The number of amides is 1. The summed E-state index contributed by atoms with van der Waals surface area (Å²) < 4.78 is 25.6. The number of hydrogen-bond acceptors (Lipinski definition) is 4. The van der Waals surface area contributed by atoms with Crippen LogP contribution in [-0.2, 0) is 10.0 Å². The van der Waals surface area contributed by atoms with Crippen LogP contribution in [0.5, 0.6) is 0 Å². The van der Waals surface area contributed by atoms with Gasteiger partial charge >= 0.3 is 0 Å². The third-order valence-electron chi connectivity index (χ3n) is 4.61. The highest BCUT2D eigenvalue weighted by Crippen LogP contribution is 2.25. The maximum absolute atomic E-state index is 12.6. The van der Waals surface area contributed by atoms with Gasteiger partial charge in [0.15, 0.2) is 0 Å². The SMILES string of the molecule is O=C(Nc1ccc(-c2ccccc2)cn1)c1cccc(N2CCCS2(=O)=O)c1. The van der Waals surface area contributed by atoms with Gasteiger partial charge in [0, 0.05) is 23.9 Å². The van der Waals surface area contributed by atoms with E-state index < -0.39 is 10.0 Å². The van der Waals surface area contributed by atoms with E-state index in [4.69, 9.17) is 0 Å². The zero-order chi connectivity index (χ0) is 19.6. The molecule has 0 unspecified atom stereocenters. The number of nitrogens with one attached hydrogen (secondary N) is 1. The van der Waals surface area contributed by atoms with E-state index in [9.17, 15) is 13.2 Å². The van der Waals surface area contributed by atoms with Gasteiger partial charge in [0.1, 0.15) is 5.82 Å². The van der Waals surface area contributed by atoms with Crippen LogP contribution in [0.3, 0.4) is 0 Å². The van der Waals surface area contributed by atoms with Crippen molar-refractivity contribution in [2.45, 2.75) is 6.42 Å². The van der Waals surface area contributed by atoms with Gasteiger partial charge in [-0.2, -0.15) is 0 Å². The summed E-state index contributed by atoms with van der Waals surface area (Å²) in [6.07, 6.45) is 2.30. The lowest BCUT2D eigenvalue weighted by molar-refractivity contribution is 0.102. The smallest absolute Gasteiger partial charge is 0.256 e. The third-order valence-corrected chi connectivity index (χ3v) is 6.48. The van der Waals surface area contributed by atoms with Crippen LogP contribution in [0, 0.1) is 0 Å². The van der Waals surface area contributed by atoms with E-state index in [1.54, 1.807) is 36.5 Å². The molecule has 1 aliphatic rings. The van der Waals surface area contributed by atoms with Gasteiger partial charge in [0.2, 0.25) is 10.0 Å². The fraction of sp³-hybridized carbons (Fsp3) is 0.143. The lowest BCUT2D eigenvalue weighted by Crippen LogP contribution is -2.25. The van der Waals surface area contributed by atoms with Gasteiger partial charge in [0.05, 0.1) is 11.4 Å². The summed E-state index contributed by atoms with van der Waals surface area (Å²) in [7, 11) is -3.28. The van der Waals surface area contributed by atoms with Gasteiger partial charge in [-0.05, 0) is 42.3 Å². The number of carbonyl (C=O) groups excluding carboxylic acids is 1. The fourth-order valence-corrected chi connectivity index (χ4v) is 4.75. The summed E-state index contributed by atoms with van der Waals surface area (Å²) in [5, 5.41) is 2.76. The molecule has 2 aromatic carbocycles. The summed E-state index contributed by atoms with van der Waals surface area (Å²) >= 11 is 0. The molecule has 0 aliphatic carbocycles. The summed E-state index contributed by atoms with van der Waals surface area (Å²) in [6.45, 7) is 0.440. The monoisotopic (exact) mass is 393 g/mol. The molecule has 2 heterocycles. The molecule has 0 saturated carbocycles. The minimum Gasteiger partial charge on any atom is -0.307 e. The number of anilines is 2. The Morgan fingerprint density at radius 2 is 1.79 bits per heavy atom. The Hall–Kier alpha value is -3.19. The molecule has 1 N–H and O–H groups in total. The first-order valence-corrected chi connectivity index (χ1v) is 10.6. The van der Waals surface area contributed by atoms with Crippen molar-refractivity contribution in [2.24, 2.45) is 0 Å². The molecule has 1 fully saturated rings. The summed E-state index contributed by atoms with van der Waals surface area (Å²) in [4.78, 5) is 16.9. The Labute approximate surface area is 163 Å². The van der Waals surface area contributed by atoms with Crippen LogP contribution in [0.15, 0.2) is 72.9 Å². The molecule has 1 amide bonds. The van der Waals surface area contributed by atoms with E-state index in [1.807, 2.05) is 36.4 Å². The number of hydrogen-bond donors (Lipinski definition) is 1. The van der Waals surface area contributed by atoms with Crippen molar-refractivity contribution >= 4 is 27.4 Å². The predicted molar refractivity (Wildman–Crippen MR) is 110 cm³/mol. The second-order valence-electron chi connectivity index (χ2n) is 6.54. The normalized spacial score (nSPS) is 15.4. The Bertz CT molecular complexity index is 1100. The van der Waals surface area contributed by atoms with E-state index in [0.717, 1.165) is 11.1 Å². The van der Waals surface area contributed by atoms with Crippen molar-refractivity contribution in [3.05, 3.63) is 78.5 Å². The number of aromatic nitrogens is 1. The molecule has 4 rings (SSSR count). The molecule has 6 nitrogen and oxygen atoms in total. The number of nitrogens with zero attached hydrogens (tertiary/aromatic N) is 2. The van der Waals surface area contributed by atoms with Crippen LogP contribution in [0.4, 0.5) is 11.5 Å². The van der Waals surface area contributed by atoms with Gasteiger partial charge in [-0.15, -0.1) is 0 Å². The zero-order valence-corrected chi connectivity index (χ0v) is 15.9. The molecule has 1 saturated heterocycles. The first-order valence-electron chi connectivity index (χ1n) is 8.96. The van der Waals surface area contributed by atoms with Crippen molar-refractivity contribution < 1.29 is 13.2 Å². The Balaban J connectivity index is 1.50. The average Bonchev–Trinajstić information content (AvgIpc) is 3.08. The maximum Gasteiger partial charge on any atom is 0.256 e. The summed E-state index contributed by atoms with van der Waals surface area (Å²) in [5.74, 6) is 0.239. The van der Waals surface area contributed by atoms with Crippen molar-refractivity contribution in [3.8, 4) is 11.1 Å². The third kappa shape index (κ3) is 3.75. The van der Waals surface area contributed by atoms with Crippen molar-refractivity contribution in [1.82, 2.24) is 4.98 Å². The second-order valence-corrected chi connectivity index (χ2v) is 8.56. The number of sulfonamides is 1. The topological polar surface area (TPSA) is 79.4 Å². The van der Waals surface area contributed by atoms with Crippen molar-refractivity contribution in [1.29, 1.82) is 0 Å². The quantitative estimate of drug-likeness (QED) is 0.735. The first-order chi connectivity index (χ1) is 13.5. The zero-order valence-electron chi connectivity index (χ0n) is 15.1. The first kappa shape index (κ1) is 18.2. The lowest BCUT2D eigenvalue weighted by atomic mass is 10.1. The molecule has 0 atom stereocenters. The number of benzene rings is 2. The van der Waals surface area contributed by atoms with Crippen molar-refractivity contribution in [2.75, 3.05) is 21.9 Å². The van der Waals surface area contributed by atoms with Crippen molar-refractivity contribution in [3.63, 3.8) is 0 Å². The van der Waals surface area contributed by atoms with Crippen LogP contribution in [-0.4, -0.2) is 31.6 Å². The van der Waals surface area contributed by atoms with E-state index in [2.05, 4.69) is 10.3 Å². The molecule has 1 aromatic heterocycles. The van der Waals surface area contributed by atoms with E-state index in [0.29, 0.717) is 30.0 Å². The highest BCUT2D eigenvalue weighted by Gasteiger charge is 2.28. The highest BCUT2D eigenvalue weighted by atomic mass is 32.2. The second kappa shape index (κ2) is 7.44. The molecule has 28 heavy (non-hydrogen) atoms. The summed E-state index contributed by atoms with van der Waals surface area (Å²) in [5.41, 5.74) is 2.90. The average molecular weight is 393 g/mol. The predicted octanol–water partition coefficient (Wildman–Crippen LogP) is 3.54. The minimum absolute atomic E-state index is 0.140. The molecule has 0 bridgehead atoms. The fourth-order valence-electron chi connectivity index (χ4n) is 3.19. The Morgan fingerprint density at radius 1 is 0.964 bits per heavy atom. The largest absolute Gasteiger partial charge is 0.307 e. The van der Waals surface area contributed by atoms with Crippen LogP contribution >= 0.6 is 0 Å². The maximum atomic E-state index is 12.6. The molecular formula is C21H19N3O3S. The minimum atomic E-state index is -3.28. The Kier molecular flexibility index (Phi) is 4.83. The van der Waals surface area contributed by atoms with Crippen LogP contribution in [0.2, 0.25) is 0 Å². The van der Waals surface area contributed by atoms with E-state index in [-0.39, 0.29) is 11.7 Å². The van der Waals surface area contributed by atoms with E-state index in [1.165, 1.54) is 4.31 Å². The molecule has 3 aromatic rings. The van der Waals surface area contributed by atoms with Crippen LogP contribution in [0.1, 0.15) is 16.8 Å². The molecule has 0 spiro atoms.